The summed E-state index contributed by atoms with van der Waals surface area (Å²) in [4.78, 5) is 31.4. The number of amidine groups is 1. The zero-order valence-corrected chi connectivity index (χ0v) is 22.7. The Morgan fingerprint density at radius 2 is 1.83 bits per heavy atom. The van der Waals surface area contributed by atoms with Crippen molar-refractivity contribution in [1.82, 2.24) is 14.9 Å². The third-order valence-electron chi connectivity index (χ3n) is 6.29. The lowest BCUT2D eigenvalue weighted by Crippen LogP contribution is -2.54. The van der Waals surface area contributed by atoms with E-state index in [-0.39, 0.29) is 15.7 Å². The average Bonchev–Trinajstić information content (AvgIpc) is 2.84. The van der Waals surface area contributed by atoms with E-state index in [9.17, 15) is 4.79 Å². The summed E-state index contributed by atoms with van der Waals surface area (Å²) in [5, 5.41) is 3.44. The maximum Gasteiger partial charge on any atom is 0.224 e. The van der Waals surface area contributed by atoms with Gasteiger partial charge in [-0.3, -0.25) is 9.69 Å². The third-order valence-corrected chi connectivity index (χ3v) is 7.16. The molecule has 1 aliphatic rings. The lowest BCUT2D eigenvalue weighted by atomic mass is 9.98. The molecule has 1 amide bonds. The Bertz CT molecular complexity index is 1120. The standard InChI is InChI=1S/C26H38N8OS.3H2/c1-6-24(35)29-19-8-10-20(11-9-19)36-25-31-22(30-21(28)16-18(3)27)17-23(32-25)33-12-14-34(15-13-33)26(4,5)7-2;;;/h8-11,16-17H,6-7,12-15,27H2,1-5H3,(H,29,35)(H2,28,30,31,32);3*1H. The van der Waals surface area contributed by atoms with Gasteiger partial charge in [-0.15, -0.1) is 0 Å². The molecule has 1 saturated heterocycles. The number of benzene rings is 1. The van der Waals surface area contributed by atoms with Gasteiger partial charge in [0.1, 0.15) is 11.7 Å². The van der Waals surface area contributed by atoms with Crippen LogP contribution in [-0.4, -0.2) is 58.3 Å². The van der Waals surface area contributed by atoms with E-state index in [0.717, 1.165) is 49.0 Å². The van der Waals surface area contributed by atoms with Crippen molar-refractivity contribution in [2.24, 2.45) is 16.5 Å². The highest BCUT2D eigenvalue weighted by Gasteiger charge is 2.29. The van der Waals surface area contributed by atoms with Gasteiger partial charge in [-0.1, -0.05) is 13.8 Å². The van der Waals surface area contributed by atoms with Gasteiger partial charge in [-0.25, -0.2) is 15.0 Å². The Labute approximate surface area is 222 Å². The van der Waals surface area contributed by atoms with Gasteiger partial charge < -0.3 is 21.7 Å². The van der Waals surface area contributed by atoms with E-state index in [1.165, 1.54) is 11.8 Å². The van der Waals surface area contributed by atoms with E-state index < -0.39 is 0 Å². The van der Waals surface area contributed by atoms with Gasteiger partial charge in [-0.2, -0.15) is 0 Å². The highest BCUT2D eigenvalue weighted by Crippen LogP contribution is 2.31. The van der Waals surface area contributed by atoms with Crippen LogP contribution in [0.4, 0.5) is 17.3 Å². The first-order valence-corrected chi connectivity index (χ1v) is 13.2. The molecule has 0 spiro atoms. The maximum absolute atomic E-state index is 11.7. The Balaban J connectivity index is 0.00000481. The molecule has 0 radical (unpaired) electrons. The first-order chi connectivity index (χ1) is 17.1. The molecule has 10 heteroatoms. The molecule has 1 aromatic heterocycles. The number of nitrogens with zero attached hydrogens (tertiary/aromatic N) is 5. The van der Waals surface area contributed by atoms with Crippen LogP contribution in [0, 0.1) is 0 Å². The number of anilines is 2. The number of carbonyl (C=O) groups excluding carboxylic acids is 1. The Kier molecular flexibility index (Phi) is 9.33. The topological polar surface area (TPSA) is 126 Å². The molecular formula is C26H44N8OS. The number of piperazine rings is 1. The molecule has 1 aromatic carbocycles. The van der Waals surface area contributed by atoms with E-state index in [4.69, 9.17) is 16.5 Å². The van der Waals surface area contributed by atoms with E-state index >= 15 is 0 Å². The molecule has 0 aliphatic carbocycles. The van der Waals surface area contributed by atoms with E-state index in [2.05, 4.69) is 45.9 Å². The van der Waals surface area contributed by atoms with E-state index in [1.54, 1.807) is 13.0 Å². The average molecular weight is 517 g/mol. The van der Waals surface area contributed by atoms with Crippen molar-refractivity contribution in [2.45, 2.75) is 63.1 Å². The third kappa shape index (κ3) is 7.69. The van der Waals surface area contributed by atoms with Crippen molar-refractivity contribution in [1.29, 1.82) is 0 Å². The van der Waals surface area contributed by atoms with Crippen LogP contribution in [0.5, 0.6) is 0 Å². The molecule has 200 valence electrons. The van der Waals surface area contributed by atoms with Gasteiger partial charge in [-0.05, 0) is 69.3 Å². The number of hydrogen-bond acceptors (Lipinski definition) is 8. The van der Waals surface area contributed by atoms with Crippen LogP contribution >= 0.6 is 11.8 Å². The molecule has 0 bridgehead atoms. The molecule has 2 heterocycles. The van der Waals surface area contributed by atoms with Crippen LogP contribution < -0.4 is 21.7 Å². The van der Waals surface area contributed by atoms with Crippen molar-refractivity contribution in [3.8, 4) is 0 Å². The fourth-order valence-corrected chi connectivity index (χ4v) is 4.55. The molecule has 0 atom stereocenters. The maximum atomic E-state index is 11.7. The smallest absolute Gasteiger partial charge is 0.224 e. The summed E-state index contributed by atoms with van der Waals surface area (Å²) in [6, 6.07) is 9.51. The molecule has 5 N–H and O–H groups in total. The number of amides is 1. The molecule has 3 rings (SSSR count). The van der Waals surface area contributed by atoms with E-state index in [1.807, 2.05) is 37.3 Å². The van der Waals surface area contributed by atoms with Crippen molar-refractivity contribution in [3.63, 3.8) is 0 Å². The number of carbonyl (C=O) groups is 1. The number of hydrogen-bond donors (Lipinski definition) is 3. The fourth-order valence-electron chi connectivity index (χ4n) is 3.79. The summed E-state index contributed by atoms with van der Waals surface area (Å²) >= 11 is 1.44. The summed E-state index contributed by atoms with van der Waals surface area (Å²) in [6.07, 6.45) is 3.16. The number of nitrogens with one attached hydrogen (secondary N) is 1. The number of rotatable bonds is 9. The molecule has 2 aromatic rings. The van der Waals surface area contributed by atoms with Crippen molar-refractivity contribution in [3.05, 3.63) is 42.1 Å². The predicted octanol–water partition coefficient (Wildman–Crippen LogP) is 4.88. The first-order valence-electron chi connectivity index (χ1n) is 12.3. The number of allylic oxidation sites excluding steroid dienone is 1. The molecule has 1 fully saturated rings. The molecular weight excluding hydrogens is 472 g/mol. The molecule has 1 aliphatic heterocycles. The van der Waals surface area contributed by atoms with Gasteiger partial charge in [0.25, 0.3) is 0 Å². The second-order valence-corrected chi connectivity index (χ2v) is 10.5. The zero-order valence-electron chi connectivity index (χ0n) is 21.9. The Hall–Kier alpha value is -3.11. The van der Waals surface area contributed by atoms with Crippen molar-refractivity contribution in [2.75, 3.05) is 36.4 Å². The summed E-state index contributed by atoms with van der Waals surface area (Å²) in [6.45, 7) is 14.1. The van der Waals surface area contributed by atoms with Crippen LogP contribution in [0.25, 0.3) is 0 Å². The molecule has 9 nitrogen and oxygen atoms in total. The van der Waals surface area contributed by atoms with Crippen molar-refractivity contribution >= 4 is 40.8 Å². The lowest BCUT2D eigenvalue weighted by Gasteiger charge is -2.44. The second-order valence-electron chi connectivity index (χ2n) is 9.46. The highest BCUT2D eigenvalue weighted by molar-refractivity contribution is 7.99. The number of nitrogens with two attached hydrogens (primary N) is 2. The van der Waals surface area contributed by atoms with Crippen LogP contribution in [0.1, 0.15) is 51.7 Å². The van der Waals surface area contributed by atoms with Crippen LogP contribution in [0.3, 0.4) is 0 Å². The minimum atomic E-state index is -0.0179. The molecule has 0 unspecified atom stereocenters. The van der Waals surface area contributed by atoms with Crippen LogP contribution in [-0.2, 0) is 4.79 Å². The monoisotopic (exact) mass is 516 g/mol. The zero-order chi connectivity index (χ0) is 26.3. The van der Waals surface area contributed by atoms with E-state index in [0.29, 0.717) is 28.9 Å². The van der Waals surface area contributed by atoms with Crippen LogP contribution in [0.2, 0.25) is 0 Å². The molecule has 36 heavy (non-hydrogen) atoms. The Morgan fingerprint density at radius 1 is 1.17 bits per heavy atom. The SMILES string of the molecule is CCC(=O)Nc1ccc(Sc2nc(N=C(N)C=C(C)N)cc(N3CCN(C(C)(C)CC)CC3)n2)cc1.[HH].[HH].[HH]. The minimum Gasteiger partial charge on any atom is -0.402 e. The van der Waals surface area contributed by atoms with Gasteiger partial charge in [0.05, 0.1) is 0 Å². The quantitative estimate of drug-likeness (QED) is 0.245. The largest absolute Gasteiger partial charge is 0.402 e. The molecule has 0 saturated carbocycles. The number of aliphatic imine (C=N–C) groups is 1. The van der Waals surface area contributed by atoms with Gasteiger partial charge in [0, 0.05) is 64.8 Å². The second kappa shape index (κ2) is 12.2. The predicted molar refractivity (Wildman–Crippen MR) is 155 cm³/mol. The minimum absolute atomic E-state index is 0. The Morgan fingerprint density at radius 3 is 2.42 bits per heavy atom. The summed E-state index contributed by atoms with van der Waals surface area (Å²) in [7, 11) is 0. The summed E-state index contributed by atoms with van der Waals surface area (Å²) < 4.78 is 0. The van der Waals surface area contributed by atoms with Crippen LogP contribution in [0.15, 0.2) is 57.1 Å². The van der Waals surface area contributed by atoms with Crippen molar-refractivity contribution < 1.29 is 9.07 Å². The first kappa shape index (κ1) is 27.5. The van der Waals surface area contributed by atoms with Gasteiger partial charge in [0.15, 0.2) is 11.0 Å². The highest BCUT2D eigenvalue weighted by atomic mass is 32.2. The lowest BCUT2D eigenvalue weighted by molar-refractivity contribution is -0.115. The summed E-state index contributed by atoms with van der Waals surface area (Å²) in [5.41, 5.74) is 13.3. The van der Waals surface area contributed by atoms with Gasteiger partial charge in [0.2, 0.25) is 5.91 Å². The number of aromatic nitrogens is 2. The van der Waals surface area contributed by atoms with Gasteiger partial charge >= 0.3 is 0 Å². The fraction of sp³-hybridized carbons (Fsp3) is 0.462. The summed E-state index contributed by atoms with van der Waals surface area (Å²) in [5.74, 6) is 1.59. The normalized spacial score (nSPS) is 15.8.